The van der Waals surface area contributed by atoms with Gasteiger partial charge >= 0.3 is 7.12 Å². The molecule has 134 valence electrons. The summed E-state index contributed by atoms with van der Waals surface area (Å²) in [5, 5.41) is 0. The van der Waals surface area contributed by atoms with Crippen LogP contribution >= 0.6 is 0 Å². The van der Waals surface area contributed by atoms with Crippen molar-refractivity contribution >= 4 is 7.12 Å². The Morgan fingerprint density at radius 3 is 1.67 bits per heavy atom. The number of hydrogen-bond acceptors (Lipinski definition) is 2. The van der Waals surface area contributed by atoms with E-state index in [0.717, 1.165) is 19.3 Å². The van der Waals surface area contributed by atoms with Crippen LogP contribution in [0.25, 0.3) is 0 Å². The molecule has 0 N–H and O–H groups in total. The monoisotopic (exact) mass is 338 g/mol. The Kier molecular flexibility index (Phi) is 3.75. The lowest BCUT2D eigenvalue weighted by Crippen LogP contribution is -2.47. The van der Waals surface area contributed by atoms with Crippen LogP contribution < -0.4 is 0 Å². The molecule has 5 aliphatic rings. The van der Waals surface area contributed by atoms with E-state index in [1.54, 1.807) is 0 Å². The second-order valence-corrected chi connectivity index (χ2v) is 9.83. The van der Waals surface area contributed by atoms with Gasteiger partial charge in [0.25, 0.3) is 6.08 Å². The quantitative estimate of drug-likeness (QED) is 0.638. The molecule has 5 fully saturated rings. The third-order valence-electron chi connectivity index (χ3n) is 7.58. The van der Waals surface area contributed by atoms with E-state index in [2.05, 4.69) is 0 Å². The zero-order valence-electron chi connectivity index (χ0n) is 15.3. The minimum Gasteiger partial charge on any atom is -0.403 e. The number of rotatable bonds is 3. The van der Waals surface area contributed by atoms with Crippen LogP contribution in [0.4, 0.5) is 8.78 Å². The Balaban J connectivity index is 1.58. The smallest absolute Gasteiger partial charge is 0.403 e. The summed E-state index contributed by atoms with van der Waals surface area (Å²) in [4.78, 5) is 0. The molecule has 4 aliphatic carbocycles. The summed E-state index contributed by atoms with van der Waals surface area (Å²) >= 11 is 0. The maximum Gasteiger partial charge on any atom is 0.462 e. The van der Waals surface area contributed by atoms with Crippen molar-refractivity contribution in [3.8, 4) is 0 Å². The van der Waals surface area contributed by atoms with Crippen molar-refractivity contribution in [3.05, 3.63) is 11.7 Å². The highest BCUT2D eigenvalue weighted by atomic mass is 19.3. The van der Waals surface area contributed by atoms with Crippen LogP contribution in [0, 0.1) is 23.2 Å². The Labute approximate surface area is 144 Å². The van der Waals surface area contributed by atoms with Gasteiger partial charge in [-0.15, -0.1) is 0 Å². The maximum absolute atomic E-state index is 14.0. The molecule has 0 unspecified atom stereocenters. The predicted octanol–water partition coefficient (Wildman–Crippen LogP) is 5.45. The lowest BCUT2D eigenvalue weighted by molar-refractivity contribution is -0.0332. The van der Waals surface area contributed by atoms with Gasteiger partial charge < -0.3 is 9.31 Å². The van der Waals surface area contributed by atoms with Crippen LogP contribution in [-0.4, -0.2) is 18.3 Å². The van der Waals surface area contributed by atoms with Crippen molar-refractivity contribution in [3.63, 3.8) is 0 Å². The standard InChI is InChI=1S/C19H29BF2O2/c1-17(2)18(3,4)24-20(23-17)11-15(16(21)22)19-8-12-5-13(9-19)7-14(6-12)10-19/h12-14H,5-11H2,1-4H3. The van der Waals surface area contributed by atoms with Crippen LogP contribution in [0.1, 0.15) is 66.2 Å². The summed E-state index contributed by atoms with van der Waals surface area (Å²) in [7, 11) is -0.556. The van der Waals surface area contributed by atoms with E-state index in [1.165, 1.54) is 19.3 Å². The molecule has 1 aliphatic heterocycles. The minimum absolute atomic E-state index is 0.224. The molecule has 1 saturated heterocycles. The van der Waals surface area contributed by atoms with Crippen molar-refractivity contribution in [2.75, 3.05) is 0 Å². The molecule has 0 aromatic heterocycles. The third-order valence-corrected chi connectivity index (χ3v) is 7.58. The molecule has 0 aromatic rings. The van der Waals surface area contributed by atoms with Crippen LogP contribution in [-0.2, 0) is 9.31 Å². The molecule has 0 amide bonds. The van der Waals surface area contributed by atoms with Gasteiger partial charge in [0, 0.05) is 6.32 Å². The van der Waals surface area contributed by atoms with Gasteiger partial charge in [-0.3, -0.25) is 0 Å². The van der Waals surface area contributed by atoms with Crippen LogP contribution in [0.5, 0.6) is 0 Å². The van der Waals surface area contributed by atoms with E-state index in [0.29, 0.717) is 23.3 Å². The fourth-order valence-electron chi connectivity index (χ4n) is 6.19. The van der Waals surface area contributed by atoms with Gasteiger partial charge in [0.2, 0.25) is 0 Å². The Hall–Kier alpha value is -0.415. The first-order valence-electron chi connectivity index (χ1n) is 9.50. The molecule has 4 saturated carbocycles. The molecular weight excluding hydrogens is 309 g/mol. The maximum atomic E-state index is 14.0. The Morgan fingerprint density at radius 1 is 0.875 bits per heavy atom. The molecule has 0 aromatic carbocycles. The summed E-state index contributed by atoms with van der Waals surface area (Å²) in [6, 6.07) is 0. The molecule has 0 atom stereocenters. The normalized spacial score (nSPS) is 41.8. The lowest BCUT2D eigenvalue weighted by Gasteiger charge is -2.57. The third kappa shape index (κ3) is 2.58. The molecule has 5 rings (SSSR count). The second kappa shape index (κ2) is 5.29. The molecule has 5 heteroatoms. The van der Waals surface area contributed by atoms with Crippen LogP contribution in [0.2, 0.25) is 6.32 Å². The highest BCUT2D eigenvalue weighted by Crippen LogP contribution is 2.64. The van der Waals surface area contributed by atoms with Gasteiger partial charge in [-0.05, 0) is 95.0 Å². The van der Waals surface area contributed by atoms with Crippen molar-refractivity contribution in [2.45, 2.75) is 83.7 Å². The Morgan fingerprint density at radius 2 is 1.29 bits per heavy atom. The van der Waals surface area contributed by atoms with Crippen LogP contribution in [0.15, 0.2) is 11.7 Å². The van der Waals surface area contributed by atoms with E-state index in [1.807, 2.05) is 27.7 Å². The van der Waals surface area contributed by atoms with Gasteiger partial charge in [-0.25, -0.2) is 0 Å². The fraction of sp³-hybridized carbons (Fsp3) is 0.895. The molecular formula is C19H29BF2O2. The van der Waals surface area contributed by atoms with Crippen molar-refractivity contribution in [2.24, 2.45) is 23.2 Å². The minimum atomic E-state index is -1.48. The van der Waals surface area contributed by atoms with E-state index in [9.17, 15) is 8.78 Å². The van der Waals surface area contributed by atoms with Crippen molar-refractivity contribution in [1.29, 1.82) is 0 Å². The zero-order valence-corrected chi connectivity index (χ0v) is 15.3. The van der Waals surface area contributed by atoms with Crippen LogP contribution in [0.3, 0.4) is 0 Å². The number of hydrogen-bond donors (Lipinski definition) is 0. The average Bonchev–Trinajstić information content (AvgIpc) is 2.62. The van der Waals surface area contributed by atoms with Gasteiger partial charge in [0.05, 0.1) is 11.2 Å². The number of halogens is 2. The van der Waals surface area contributed by atoms with E-state index in [4.69, 9.17) is 9.31 Å². The van der Waals surface area contributed by atoms with Gasteiger partial charge in [-0.2, -0.15) is 8.78 Å². The van der Waals surface area contributed by atoms with E-state index in [-0.39, 0.29) is 11.7 Å². The predicted molar refractivity (Wildman–Crippen MR) is 90.7 cm³/mol. The van der Waals surface area contributed by atoms with Crippen molar-refractivity contribution < 1.29 is 18.1 Å². The summed E-state index contributed by atoms with van der Waals surface area (Å²) in [5.41, 5.74) is -0.856. The van der Waals surface area contributed by atoms with Gasteiger partial charge in [0.1, 0.15) is 0 Å². The number of allylic oxidation sites excluding steroid dienone is 1. The largest absolute Gasteiger partial charge is 0.462 e. The summed E-state index contributed by atoms with van der Waals surface area (Å²) in [6.45, 7) is 7.92. The van der Waals surface area contributed by atoms with E-state index >= 15 is 0 Å². The van der Waals surface area contributed by atoms with Crippen molar-refractivity contribution in [1.82, 2.24) is 0 Å². The summed E-state index contributed by atoms with van der Waals surface area (Å²) < 4.78 is 40.1. The lowest BCUT2D eigenvalue weighted by atomic mass is 9.46. The highest BCUT2D eigenvalue weighted by molar-refractivity contribution is 6.46. The fourth-order valence-corrected chi connectivity index (χ4v) is 6.19. The molecule has 2 nitrogen and oxygen atoms in total. The van der Waals surface area contributed by atoms with E-state index < -0.39 is 24.4 Å². The van der Waals surface area contributed by atoms with Gasteiger partial charge in [-0.1, -0.05) is 0 Å². The Bertz CT molecular complexity index is 514. The first-order valence-corrected chi connectivity index (χ1v) is 9.50. The second-order valence-electron chi connectivity index (χ2n) is 9.83. The van der Waals surface area contributed by atoms with Gasteiger partial charge in [0.15, 0.2) is 0 Å². The topological polar surface area (TPSA) is 18.5 Å². The first-order chi connectivity index (χ1) is 11.1. The summed E-state index contributed by atoms with van der Waals surface area (Å²) in [5.74, 6) is 1.97. The molecule has 0 radical (unpaired) electrons. The average molecular weight is 338 g/mol. The zero-order chi connectivity index (χ0) is 17.3. The molecule has 4 bridgehead atoms. The first kappa shape index (κ1) is 17.0. The molecule has 1 heterocycles. The summed E-state index contributed by atoms with van der Waals surface area (Å²) in [6.07, 6.45) is 5.37. The highest BCUT2D eigenvalue weighted by Gasteiger charge is 2.56. The molecule has 0 spiro atoms. The SMILES string of the molecule is CC1(C)OB(CC(=C(F)F)C23CC4CC(CC(C4)C2)C3)OC1(C)C. The molecule has 24 heavy (non-hydrogen) atoms.